The lowest BCUT2D eigenvalue weighted by atomic mass is 9.86. The molecule has 0 aliphatic rings. The average molecular weight is 540 g/mol. The first-order valence-electron chi connectivity index (χ1n) is 9.51. The van der Waals surface area contributed by atoms with E-state index in [0.717, 1.165) is 0 Å². The molecule has 0 bridgehead atoms. The van der Waals surface area contributed by atoms with Crippen molar-refractivity contribution in [3.63, 3.8) is 0 Å². The van der Waals surface area contributed by atoms with Gasteiger partial charge in [-0.25, -0.2) is 0 Å². The van der Waals surface area contributed by atoms with E-state index in [1.54, 1.807) is 0 Å². The van der Waals surface area contributed by atoms with E-state index >= 15 is 0 Å². The topological polar surface area (TPSA) is 0 Å². The molecule has 0 heterocycles. The quantitative estimate of drug-likeness (QED) is 0.117. The molecule has 0 unspecified atom stereocenters. The van der Waals surface area contributed by atoms with E-state index < -0.39 is 79.5 Å². The molecular formula is C18H20F16. The highest BCUT2D eigenvalue weighted by Crippen LogP contribution is 2.64. The summed E-state index contributed by atoms with van der Waals surface area (Å²) in [6.07, 6.45) is -4.61. The Morgan fingerprint density at radius 1 is 0.471 bits per heavy atom. The van der Waals surface area contributed by atoms with Gasteiger partial charge in [0.25, 0.3) is 0 Å². The average Bonchev–Trinajstić information content (AvgIpc) is 2.66. The minimum Gasteiger partial charge on any atom is -0.200 e. The van der Waals surface area contributed by atoms with Gasteiger partial charge >= 0.3 is 47.4 Å². The summed E-state index contributed by atoms with van der Waals surface area (Å²) in [6.45, 7) is 2.09. The van der Waals surface area contributed by atoms with Crippen LogP contribution in [0.15, 0.2) is 12.2 Å². The van der Waals surface area contributed by atoms with Crippen molar-refractivity contribution in [1.29, 1.82) is 0 Å². The fourth-order valence-corrected chi connectivity index (χ4v) is 2.65. The summed E-state index contributed by atoms with van der Waals surface area (Å²) in [5, 5.41) is 0. The molecule has 0 aliphatic heterocycles. The Morgan fingerprint density at radius 2 is 0.794 bits per heavy atom. The predicted molar refractivity (Wildman–Crippen MR) is 87.8 cm³/mol. The fourth-order valence-electron chi connectivity index (χ4n) is 2.65. The van der Waals surface area contributed by atoms with Gasteiger partial charge in [-0.2, -0.15) is 70.2 Å². The van der Waals surface area contributed by atoms with Gasteiger partial charge in [0.05, 0.1) is 0 Å². The first-order valence-corrected chi connectivity index (χ1v) is 9.51. The molecule has 0 spiro atoms. The molecule has 0 aromatic rings. The lowest BCUT2D eigenvalue weighted by Crippen LogP contribution is -2.74. The summed E-state index contributed by atoms with van der Waals surface area (Å²) in [4.78, 5) is 0. The predicted octanol–water partition coefficient (Wildman–Crippen LogP) is 9.01. The normalized spacial score (nSPS) is 15.9. The van der Waals surface area contributed by atoms with E-state index in [1.165, 1.54) is 19.1 Å². The Bertz CT molecular complexity index is 692. The van der Waals surface area contributed by atoms with Crippen LogP contribution in [-0.4, -0.2) is 47.4 Å². The van der Waals surface area contributed by atoms with Crippen molar-refractivity contribution < 1.29 is 70.2 Å². The number of hydrogen-bond acceptors (Lipinski definition) is 0. The van der Waals surface area contributed by atoms with Crippen molar-refractivity contribution in [2.24, 2.45) is 0 Å². The molecule has 34 heavy (non-hydrogen) atoms. The third-order valence-corrected chi connectivity index (χ3v) is 4.80. The monoisotopic (exact) mass is 540 g/mol. The number of alkyl halides is 16. The molecule has 0 saturated heterocycles. The first kappa shape index (κ1) is 32.6. The molecule has 0 N–H and O–H groups in total. The van der Waals surface area contributed by atoms with Crippen LogP contribution in [-0.2, 0) is 0 Å². The maximum atomic E-state index is 13.7. The lowest BCUT2D eigenvalue weighted by Gasteiger charge is -2.43. The fraction of sp³-hybridized carbons (Fsp3) is 0.889. The van der Waals surface area contributed by atoms with Crippen molar-refractivity contribution in [3.05, 3.63) is 12.2 Å². The molecule has 0 aliphatic carbocycles. The Labute approximate surface area is 183 Å². The third-order valence-electron chi connectivity index (χ3n) is 4.80. The van der Waals surface area contributed by atoms with E-state index in [-0.39, 0.29) is 6.42 Å². The maximum absolute atomic E-state index is 13.7. The van der Waals surface area contributed by atoms with Crippen molar-refractivity contribution >= 4 is 0 Å². The van der Waals surface area contributed by atoms with E-state index in [2.05, 4.69) is 0 Å². The third kappa shape index (κ3) is 4.96. The van der Waals surface area contributed by atoms with Crippen LogP contribution in [0, 0.1) is 0 Å². The van der Waals surface area contributed by atoms with Gasteiger partial charge in [-0.15, -0.1) is 0 Å². The number of allylic oxidation sites excluding steroid dienone is 2. The van der Waals surface area contributed by atoms with Crippen LogP contribution in [0.5, 0.6) is 0 Å². The zero-order valence-corrected chi connectivity index (χ0v) is 17.4. The highest BCUT2D eigenvalue weighted by molar-refractivity contribution is 5.15. The smallest absolute Gasteiger partial charge is 0.200 e. The highest BCUT2D eigenvalue weighted by Gasteiger charge is 2.94. The van der Waals surface area contributed by atoms with E-state index in [0.29, 0.717) is 6.92 Å². The molecule has 204 valence electrons. The van der Waals surface area contributed by atoms with E-state index in [9.17, 15) is 70.2 Å². The summed E-state index contributed by atoms with van der Waals surface area (Å²) in [5.41, 5.74) is 0. The molecular weight excluding hydrogens is 520 g/mol. The van der Waals surface area contributed by atoms with Crippen LogP contribution >= 0.6 is 0 Å². The van der Waals surface area contributed by atoms with Crippen molar-refractivity contribution in [1.82, 2.24) is 0 Å². The van der Waals surface area contributed by atoms with Gasteiger partial charge in [0, 0.05) is 12.8 Å². The van der Waals surface area contributed by atoms with Gasteiger partial charge in [-0.05, 0) is 26.2 Å². The number of rotatable bonds is 14. The SMILES string of the molecule is CC=CCCCCC(F)(F)C(F)(F)C(F)(F)C(F)(F)C(F)(F)C(F)(F)C(F)(F)C(F)(F)CCC. The number of halogens is 16. The molecule has 0 radical (unpaired) electrons. The number of hydrogen-bond donors (Lipinski definition) is 0. The Balaban J connectivity index is 6.38. The molecule has 0 atom stereocenters. The summed E-state index contributed by atoms with van der Waals surface area (Å²) >= 11 is 0. The van der Waals surface area contributed by atoms with Crippen LogP contribution in [0.3, 0.4) is 0 Å². The number of unbranched alkanes of at least 4 members (excludes halogenated alkanes) is 2. The van der Waals surface area contributed by atoms with Crippen molar-refractivity contribution in [2.45, 2.75) is 99.8 Å². The standard InChI is InChI=1S/C18H20F16/c1-3-5-6-7-8-10-12(21,22)14(25,26)16(29,30)18(33,34)17(31,32)15(27,28)13(23,24)11(19,20)9-4-2/h3,5H,4,6-10H2,1-2H3. The van der Waals surface area contributed by atoms with Crippen LogP contribution in [0.4, 0.5) is 70.2 Å². The first-order chi connectivity index (χ1) is 14.9. The Kier molecular flexibility index (Phi) is 9.53. The minimum atomic E-state index is -8.34. The second-order valence-corrected chi connectivity index (χ2v) is 7.42. The summed E-state index contributed by atoms with van der Waals surface area (Å²) in [6, 6.07) is 0. The maximum Gasteiger partial charge on any atom is 0.384 e. The van der Waals surface area contributed by atoms with Crippen LogP contribution in [0.25, 0.3) is 0 Å². The van der Waals surface area contributed by atoms with Gasteiger partial charge in [-0.3, -0.25) is 0 Å². The lowest BCUT2D eigenvalue weighted by molar-refractivity contribution is -0.453. The van der Waals surface area contributed by atoms with Crippen molar-refractivity contribution in [3.8, 4) is 0 Å². The molecule has 0 fully saturated rings. The Hall–Kier alpha value is -1.38. The summed E-state index contributed by atoms with van der Waals surface area (Å²) in [7, 11) is 0. The Morgan fingerprint density at radius 3 is 1.12 bits per heavy atom. The molecule has 0 nitrogen and oxygen atoms in total. The molecule has 0 aromatic heterocycles. The van der Waals surface area contributed by atoms with Gasteiger partial charge < -0.3 is 0 Å². The highest BCUT2D eigenvalue weighted by atomic mass is 19.4. The van der Waals surface area contributed by atoms with Crippen LogP contribution in [0.2, 0.25) is 0 Å². The summed E-state index contributed by atoms with van der Waals surface area (Å²) < 4.78 is 218. The van der Waals surface area contributed by atoms with Gasteiger partial charge in [0.1, 0.15) is 0 Å². The largest absolute Gasteiger partial charge is 0.384 e. The van der Waals surface area contributed by atoms with Gasteiger partial charge in [0.15, 0.2) is 0 Å². The van der Waals surface area contributed by atoms with Crippen LogP contribution in [0.1, 0.15) is 52.4 Å². The summed E-state index contributed by atoms with van der Waals surface area (Å²) in [5.74, 6) is -60.2. The molecule has 0 aromatic carbocycles. The van der Waals surface area contributed by atoms with E-state index in [1.807, 2.05) is 0 Å². The van der Waals surface area contributed by atoms with Crippen LogP contribution < -0.4 is 0 Å². The zero-order chi connectivity index (χ0) is 27.7. The second-order valence-electron chi connectivity index (χ2n) is 7.42. The molecule has 16 heteroatoms. The van der Waals surface area contributed by atoms with E-state index in [4.69, 9.17) is 0 Å². The minimum absolute atomic E-state index is 0.0734. The second kappa shape index (κ2) is 9.94. The van der Waals surface area contributed by atoms with Gasteiger partial charge in [-0.1, -0.05) is 25.5 Å². The van der Waals surface area contributed by atoms with Gasteiger partial charge in [0.2, 0.25) is 0 Å². The molecule has 0 amide bonds. The molecule has 0 rings (SSSR count). The molecule has 0 saturated carbocycles. The van der Waals surface area contributed by atoms with Crippen molar-refractivity contribution in [2.75, 3.05) is 0 Å². The zero-order valence-electron chi connectivity index (χ0n) is 17.4.